The summed E-state index contributed by atoms with van der Waals surface area (Å²) in [6, 6.07) is 5.76. The maximum Gasteiger partial charge on any atom is 0.317 e. The molecular formula is C13H11BrN2O2. The smallest absolute Gasteiger partial charge is 0.317 e. The van der Waals surface area contributed by atoms with E-state index in [-0.39, 0.29) is 12.4 Å². The highest BCUT2D eigenvalue weighted by molar-refractivity contribution is 9.10. The Labute approximate surface area is 113 Å². The van der Waals surface area contributed by atoms with E-state index in [9.17, 15) is 4.79 Å². The van der Waals surface area contributed by atoms with Gasteiger partial charge >= 0.3 is 5.97 Å². The van der Waals surface area contributed by atoms with Gasteiger partial charge in [-0.1, -0.05) is 21.9 Å². The highest BCUT2D eigenvalue weighted by Crippen LogP contribution is 2.19. The first-order chi connectivity index (χ1) is 8.70. The molecule has 1 aromatic heterocycles. The Morgan fingerprint density at radius 3 is 3.17 bits per heavy atom. The van der Waals surface area contributed by atoms with Gasteiger partial charge in [0, 0.05) is 9.86 Å². The van der Waals surface area contributed by atoms with Crippen LogP contribution >= 0.6 is 15.9 Å². The van der Waals surface area contributed by atoms with Gasteiger partial charge in [-0.2, -0.15) is 5.10 Å². The third kappa shape index (κ3) is 2.90. The molecule has 18 heavy (non-hydrogen) atoms. The van der Waals surface area contributed by atoms with Gasteiger partial charge in [-0.25, -0.2) is 0 Å². The number of nitrogens with one attached hydrogen (secondary N) is 1. The Morgan fingerprint density at radius 1 is 1.56 bits per heavy atom. The van der Waals surface area contributed by atoms with Crippen LogP contribution in [0.4, 0.5) is 0 Å². The Morgan fingerprint density at radius 2 is 2.39 bits per heavy atom. The van der Waals surface area contributed by atoms with Gasteiger partial charge in [-0.05, 0) is 31.0 Å². The van der Waals surface area contributed by atoms with Crippen molar-refractivity contribution in [2.75, 3.05) is 6.61 Å². The lowest BCUT2D eigenvalue weighted by Gasteiger charge is -1.94. The number of benzene rings is 1. The molecule has 4 nitrogen and oxygen atoms in total. The van der Waals surface area contributed by atoms with Crippen molar-refractivity contribution in [1.82, 2.24) is 10.2 Å². The maximum absolute atomic E-state index is 11.1. The monoisotopic (exact) mass is 306 g/mol. The van der Waals surface area contributed by atoms with Gasteiger partial charge in [0.25, 0.3) is 0 Å². The average molecular weight is 307 g/mol. The van der Waals surface area contributed by atoms with Crippen LogP contribution in [0.25, 0.3) is 10.9 Å². The fourth-order valence-corrected chi connectivity index (χ4v) is 1.85. The molecule has 0 bridgehead atoms. The zero-order valence-corrected chi connectivity index (χ0v) is 11.4. The molecule has 0 radical (unpaired) electrons. The summed E-state index contributed by atoms with van der Waals surface area (Å²) in [6.07, 6.45) is 0.0882. The molecule has 0 atom stereocenters. The predicted octanol–water partition coefficient (Wildman–Crippen LogP) is 2.63. The van der Waals surface area contributed by atoms with Gasteiger partial charge in [-0.15, -0.1) is 0 Å². The van der Waals surface area contributed by atoms with Crippen LogP contribution in [-0.2, 0) is 9.53 Å². The molecule has 0 fully saturated rings. The van der Waals surface area contributed by atoms with E-state index < -0.39 is 0 Å². The van der Waals surface area contributed by atoms with Crippen LogP contribution in [0.3, 0.4) is 0 Å². The van der Waals surface area contributed by atoms with Gasteiger partial charge in [0.15, 0.2) is 0 Å². The van der Waals surface area contributed by atoms with E-state index in [4.69, 9.17) is 4.74 Å². The molecule has 1 N–H and O–H groups in total. The van der Waals surface area contributed by atoms with Gasteiger partial charge in [0.1, 0.15) is 12.1 Å². The largest absolute Gasteiger partial charge is 0.465 e. The van der Waals surface area contributed by atoms with Crippen LogP contribution in [-0.4, -0.2) is 22.8 Å². The molecule has 5 heteroatoms. The second kappa shape index (κ2) is 5.69. The second-order valence-corrected chi connectivity index (χ2v) is 4.46. The molecule has 1 aromatic carbocycles. The summed E-state index contributed by atoms with van der Waals surface area (Å²) < 4.78 is 5.76. The van der Waals surface area contributed by atoms with Crippen LogP contribution in [0.2, 0.25) is 0 Å². The lowest BCUT2D eigenvalue weighted by atomic mass is 10.2. The van der Waals surface area contributed by atoms with Crippen molar-refractivity contribution in [3.8, 4) is 11.8 Å². The van der Waals surface area contributed by atoms with E-state index in [2.05, 4.69) is 38.0 Å². The molecule has 0 unspecified atom stereocenters. The summed E-state index contributed by atoms with van der Waals surface area (Å²) in [4.78, 5) is 11.1. The SMILES string of the molecule is CCOC(=O)CC#Cc1[nH]nc2cc(Br)ccc12. The van der Waals surface area contributed by atoms with E-state index in [0.29, 0.717) is 12.3 Å². The molecule has 1 heterocycles. The van der Waals surface area contributed by atoms with Crippen molar-refractivity contribution in [1.29, 1.82) is 0 Å². The summed E-state index contributed by atoms with van der Waals surface area (Å²) in [7, 11) is 0. The fourth-order valence-electron chi connectivity index (χ4n) is 1.50. The average Bonchev–Trinajstić information content (AvgIpc) is 2.72. The number of fused-ring (bicyclic) bond motifs is 1. The summed E-state index contributed by atoms with van der Waals surface area (Å²) in [5, 5.41) is 7.93. The summed E-state index contributed by atoms with van der Waals surface area (Å²) in [5.74, 6) is 5.36. The number of carbonyl (C=O) groups excluding carboxylic acids is 1. The number of hydrogen-bond donors (Lipinski definition) is 1. The van der Waals surface area contributed by atoms with E-state index in [0.717, 1.165) is 15.4 Å². The van der Waals surface area contributed by atoms with Gasteiger partial charge < -0.3 is 4.74 Å². The van der Waals surface area contributed by atoms with Crippen molar-refractivity contribution < 1.29 is 9.53 Å². The molecule has 0 spiro atoms. The molecule has 0 amide bonds. The Balaban J connectivity index is 2.17. The molecular weight excluding hydrogens is 296 g/mol. The fraction of sp³-hybridized carbons (Fsp3) is 0.231. The zero-order chi connectivity index (χ0) is 13.0. The summed E-state index contributed by atoms with van der Waals surface area (Å²) in [5.41, 5.74) is 1.55. The lowest BCUT2D eigenvalue weighted by Crippen LogP contribution is -2.01. The van der Waals surface area contributed by atoms with Crippen LogP contribution in [0.15, 0.2) is 22.7 Å². The van der Waals surface area contributed by atoms with Crippen LogP contribution < -0.4 is 0 Å². The number of carbonyl (C=O) groups is 1. The highest BCUT2D eigenvalue weighted by atomic mass is 79.9. The molecule has 0 aliphatic carbocycles. The molecule has 2 rings (SSSR count). The topological polar surface area (TPSA) is 55.0 Å². The second-order valence-electron chi connectivity index (χ2n) is 3.54. The first-order valence-corrected chi connectivity index (χ1v) is 6.28. The van der Waals surface area contributed by atoms with Gasteiger partial charge in [-0.3, -0.25) is 9.89 Å². The van der Waals surface area contributed by atoms with Crippen molar-refractivity contribution in [2.45, 2.75) is 13.3 Å². The van der Waals surface area contributed by atoms with E-state index in [1.807, 2.05) is 18.2 Å². The van der Waals surface area contributed by atoms with Crippen LogP contribution in [0.5, 0.6) is 0 Å². The zero-order valence-electron chi connectivity index (χ0n) is 9.79. The number of nitrogens with zero attached hydrogens (tertiary/aromatic N) is 1. The number of ether oxygens (including phenoxy) is 1. The maximum atomic E-state index is 11.1. The number of hydrogen-bond acceptors (Lipinski definition) is 3. The number of rotatable bonds is 2. The van der Waals surface area contributed by atoms with E-state index in [1.165, 1.54) is 0 Å². The third-order valence-electron chi connectivity index (χ3n) is 2.27. The minimum absolute atomic E-state index is 0.0882. The van der Waals surface area contributed by atoms with Crippen LogP contribution in [0, 0.1) is 11.8 Å². The molecule has 0 aliphatic heterocycles. The first kappa shape index (κ1) is 12.7. The van der Waals surface area contributed by atoms with Crippen molar-refractivity contribution in [3.63, 3.8) is 0 Å². The standard InChI is InChI=1S/C13H11BrN2O2/c1-2-18-13(17)5-3-4-11-10-7-6-9(14)8-12(10)16-15-11/h6-8H,2,5H2,1H3,(H,15,16). The molecule has 0 aliphatic rings. The molecule has 92 valence electrons. The lowest BCUT2D eigenvalue weighted by molar-refractivity contribution is -0.141. The van der Waals surface area contributed by atoms with Gasteiger partial charge in [0.2, 0.25) is 0 Å². The number of esters is 1. The quantitative estimate of drug-likeness (QED) is 0.685. The molecule has 0 saturated heterocycles. The number of aromatic nitrogens is 2. The van der Waals surface area contributed by atoms with Crippen molar-refractivity contribution in [2.24, 2.45) is 0 Å². The number of H-pyrrole nitrogens is 1. The summed E-state index contributed by atoms with van der Waals surface area (Å²) >= 11 is 3.38. The van der Waals surface area contributed by atoms with Gasteiger partial charge in [0.05, 0.1) is 12.1 Å². The van der Waals surface area contributed by atoms with E-state index >= 15 is 0 Å². The Hall–Kier alpha value is -1.80. The normalized spacial score (nSPS) is 9.89. The minimum atomic E-state index is -0.309. The third-order valence-corrected chi connectivity index (χ3v) is 2.76. The first-order valence-electron chi connectivity index (χ1n) is 5.49. The highest BCUT2D eigenvalue weighted by Gasteiger charge is 2.03. The minimum Gasteiger partial charge on any atom is -0.465 e. The van der Waals surface area contributed by atoms with Crippen molar-refractivity contribution >= 4 is 32.8 Å². The number of halogens is 1. The predicted molar refractivity (Wildman–Crippen MR) is 71.9 cm³/mol. The molecule has 2 aromatic rings. The van der Waals surface area contributed by atoms with Crippen LogP contribution in [0.1, 0.15) is 19.0 Å². The summed E-state index contributed by atoms with van der Waals surface area (Å²) in [6.45, 7) is 2.15. The van der Waals surface area contributed by atoms with Crippen molar-refractivity contribution in [3.05, 3.63) is 28.4 Å². The Kier molecular flexibility index (Phi) is 4.00. The van der Waals surface area contributed by atoms with E-state index in [1.54, 1.807) is 6.92 Å². The Bertz CT molecular complexity index is 637. The molecule has 0 saturated carbocycles. The number of aromatic amines is 1.